The molecule has 1 aromatic heterocycles. The van der Waals surface area contributed by atoms with Crippen molar-refractivity contribution < 1.29 is 0 Å². The Kier molecular flexibility index (Phi) is 7.86. The molecule has 2 heterocycles. The largest absolute Gasteiger partial charge is 0.357 e. The van der Waals surface area contributed by atoms with Crippen LogP contribution in [-0.2, 0) is 13.6 Å². The van der Waals surface area contributed by atoms with Crippen LogP contribution >= 0.6 is 24.0 Å². The molecule has 0 spiro atoms. The van der Waals surface area contributed by atoms with Crippen LogP contribution < -0.4 is 5.32 Å². The third-order valence-corrected chi connectivity index (χ3v) is 4.94. The fraction of sp³-hybridized carbons (Fsp3) is 0.526. The molecule has 1 N–H and O–H groups in total. The third-order valence-electron chi connectivity index (χ3n) is 4.94. The fourth-order valence-electron chi connectivity index (χ4n) is 3.56. The third kappa shape index (κ3) is 4.96. The lowest BCUT2D eigenvalue weighted by Gasteiger charge is -2.39. The van der Waals surface area contributed by atoms with Crippen molar-refractivity contribution >= 4 is 29.9 Å². The molecule has 0 saturated carbocycles. The van der Waals surface area contributed by atoms with Gasteiger partial charge in [0.1, 0.15) is 12.9 Å². The van der Waals surface area contributed by atoms with Crippen molar-refractivity contribution in [3.63, 3.8) is 0 Å². The monoisotopic (exact) mass is 468 g/mol. The summed E-state index contributed by atoms with van der Waals surface area (Å²) in [5.41, 5.74) is 1.45. The maximum absolute atomic E-state index is 4.78. The lowest BCUT2D eigenvalue weighted by atomic mass is 9.82. The lowest BCUT2D eigenvalue weighted by molar-refractivity contribution is 0.234. The second-order valence-electron chi connectivity index (χ2n) is 6.76. The normalized spacial score (nSPS) is 20.6. The maximum atomic E-state index is 4.78. The SMILES string of the molecule is CCNC(=NCc1nncn1C)N1CCC(c2ccccc2)C(C)C1.I. The number of likely N-dealkylation sites (tertiary alicyclic amines) is 1. The number of nitrogens with zero attached hydrogens (tertiary/aromatic N) is 5. The van der Waals surface area contributed by atoms with E-state index in [1.165, 1.54) is 5.56 Å². The standard InChI is InChI=1S/C19H28N6.HI/c1-4-20-19(21-12-18-23-22-14-24(18)3)25-11-10-17(15(2)13-25)16-8-6-5-7-9-16;/h5-9,14-15,17H,4,10-13H2,1-3H3,(H,20,21);1H. The molecule has 1 aliphatic rings. The van der Waals surface area contributed by atoms with Crippen LogP contribution in [0.5, 0.6) is 0 Å². The minimum Gasteiger partial charge on any atom is -0.357 e. The summed E-state index contributed by atoms with van der Waals surface area (Å²) in [4.78, 5) is 7.16. The molecule has 0 radical (unpaired) electrons. The Bertz CT molecular complexity index is 699. The molecule has 2 atom stereocenters. The minimum absolute atomic E-state index is 0. The molecule has 3 rings (SSSR count). The van der Waals surface area contributed by atoms with Crippen molar-refractivity contribution in [2.45, 2.75) is 32.7 Å². The zero-order valence-corrected chi connectivity index (χ0v) is 18.1. The van der Waals surface area contributed by atoms with Gasteiger partial charge in [-0.3, -0.25) is 0 Å². The summed E-state index contributed by atoms with van der Waals surface area (Å²) in [6.45, 7) is 7.91. The van der Waals surface area contributed by atoms with Gasteiger partial charge < -0.3 is 14.8 Å². The van der Waals surface area contributed by atoms with Gasteiger partial charge in [-0.2, -0.15) is 0 Å². The number of hydrogen-bond donors (Lipinski definition) is 1. The highest BCUT2D eigenvalue weighted by Gasteiger charge is 2.28. The molecule has 0 bridgehead atoms. The quantitative estimate of drug-likeness (QED) is 0.426. The van der Waals surface area contributed by atoms with Crippen LogP contribution in [0.4, 0.5) is 0 Å². The number of halogens is 1. The van der Waals surface area contributed by atoms with E-state index in [1.54, 1.807) is 6.33 Å². The number of aryl methyl sites for hydroxylation is 1. The molecule has 6 nitrogen and oxygen atoms in total. The van der Waals surface area contributed by atoms with Crippen LogP contribution in [0.25, 0.3) is 0 Å². The number of hydrogen-bond acceptors (Lipinski definition) is 3. The molecule has 7 heteroatoms. The topological polar surface area (TPSA) is 58.3 Å². The summed E-state index contributed by atoms with van der Waals surface area (Å²) in [7, 11) is 1.95. The first-order chi connectivity index (χ1) is 12.2. The molecule has 142 valence electrons. The summed E-state index contributed by atoms with van der Waals surface area (Å²) < 4.78 is 1.91. The van der Waals surface area contributed by atoms with E-state index in [2.05, 4.69) is 64.6 Å². The second kappa shape index (κ2) is 9.89. The molecular weight excluding hydrogens is 439 g/mol. The zero-order chi connectivity index (χ0) is 17.6. The van der Waals surface area contributed by atoms with Gasteiger partial charge in [0, 0.05) is 26.7 Å². The van der Waals surface area contributed by atoms with Gasteiger partial charge in [0.25, 0.3) is 0 Å². The van der Waals surface area contributed by atoms with E-state index in [0.29, 0.717) is 18.4 Å². The Labute approximate surface area is 173 Å². The highest BCUT2D eigenvalue weighted by Crippen LogP contribution is 2.32. The lowest BCUT2D eigenvalue weighted by Crippen LogP contribution is -2.48. The zero-order valence-electron chi connectivity index (χ0n) is 15.8. The molecule has 1 aromatic carbocycles. The summed E-state index contributed by atoms with van der Waals surface area (Å²) in [6.07, 6.45) is 2.87. The van der Waals surface area contributed by atoms with Crippen LogP contribution in [0.1, 0.15) is 37.6 Å². The average molecular weight is 468 g/mol. The van der Waals surface area contributed by atoms with E-state index >= 15 is 0 Å². The number of aromatic nitrogens is 3. The summed E-state index contributed by atoms with van der Waals surface area (Å²) in [5.74, 6) is 3.07. The van der Waals surface area contributed by atoms with Crippen LogP contribution in [0, 0.1) is 5.92 Å². The average Bonchev–Trinajstić information content (AvgIpc) is 3.04. The Balaban J connectivity index is 0.00000243. The van der Waals surface area contributed by atoms with E-state index in [-0.39, 0.29) is 24.0 Å². The van der Waals surface area contributed by atoms with Crippen molar-refractivity contribution in [2.75, 3.05) is 19.6 Å². The number of rotatable bonds is 4. The molecule has 1 aliphatic heterocycles. The van der Waals surface area contributed by atoms with E-state index < -0.39 is 0 Å². The Hall–Kier alpha value is -1.64. The minimum atomic E-state index is 0. The highest BCUT2D eigenvalue weighted by molar-refractivity contribution is 14.0. The van der Waals surface area contributed by atoms with E-state index in [1.807, 2.05) is 11.6 Å². The molecule has 26 heavy (non-hydrogen) atoms. The Morgan fingerprint density at radius 2 is 2.08 bits per heavy atom. The van der Waals surface area contributed by atoms with Crippen molar-refractivity contribution in [3.8, 4) is 0 Å². The van der Waals surface area contributed by atoms with Gasteiger partial charge >= 0.3 is 0 Å². The molecule has 0 aliphatic carbocycles. The van der Waals surface area contributed by atoms with Gasteiger partial charge in [-0.05, 0) is 30.7 Å². The molecule has 2 unspecified atom stereocenters. The van der Waals surface area contributed by atoms with E-state index in [9.17, 15) is 0 Å². The molecule has 0 amide bonds. The van der Waals surface area contributed by atoms with Gasteiger partial charge in [0.2, 0.25) is 0 Å². The first-order valence-electron chi connectivity index (χ1n) is 9.10. The van der Waals surface area contributed by atoms with Crippen LogP contribution in [0.15, 0.2) is 41.7 Å². The predicted octanol–water partition coefficient (Wildman–Crippen LogP) is 3.02. The highest BCUT2D eigenvalue weighted by atomic mass is 127. The number of benzene rings is 1. The maximum Gasteiger partial charge on any atom is 0.194 e. The summed E-state index contributed by atoms with van der Waals surface area (Å²) >= 11 is 0. The smallest absolute Gasteiger partial charge is 0.194 e. The fourth-order valence-corrected chi connectivity index (χ4v) is 3.56. The van der Waals surface area contributed by atoms with Gasteiger partial charge in [-0.15, -0.1) is 34.2 Å². The first kappa shape index (κ1) is 20.7. The first-order valence-corrected chi connectivity index (χ1v) is 9.10. The van der Waals surface area contributed by atoms with Gasteiger partial charge in [-0.1, -0.05) is 37.3 Å². The molecule has 1 fully saturated rings. The predicted molar refractivity (Wildman–Crippen MR) is 116 cm³/mol. The van der Waals surface area contributed by atoms with Crippen LogP contribution in [0.2, 0.25) is 0 Å². The van der Waals surface area contributed by atoms with Gasteiger partial charge in [0.15, 0.2) is 11.8 Å². The van der Waals surface area contributed by atoms with Crippen LogP contribution in [0.3, 0.4) is 0 Å². The van der Waals surface area contributed by atoms with Crippen LogP contribution in [-0.4, -0.2) is 45.3 Å². The van der Waals surface area contributed by atoms with Crippen molar-refractivity contribution in [1.29, 1.82) is 0 Å². The van der Waals surface area contributed by atoms with E-state index in [0.717, 1.165) is 37.8 Å². The van der Waals surface area contributed by atoms with Gasteiger partial charge in [0.05, 0.1) is 0 Å². The number of aliphatic imine (C=N–C) groups is 1. The Morgan fingerprint density at radius 3 is 2.69 bits per heavy atom. The van der Waals surface area contributed by atoms with Crippen molar-refractivity contribution in [2.24, 2.45) is 18.0 Å². The molecular formula is C19H29IN6. The second-order valence-corrected chi connectivity index (χ2v) is 6.76. The summed E-state index contributed by atoms with van der Waals surface area (Å²) in [5, 5.41) is 11.5. The summed E-state index contributed by atoms with van der Waals surface area (Å²) in [6, 6.07) is 10.9. The Morgan fingerprint density at radius 1 is 1.31 bits per heavy atom. The number of piperidine rings is 1. The van der Waals surface area contributed by atoms with Crippen molar-refractivity contribution in [3.05, 3.63) is 48.0 Å². The van der Waals surface area contributed by atoms with Crippen molar-refractivity contribution in [1.82, 2.24) is 25.0 Å². The number of guanidine groups is 1. The van der Waals surface area contributed by atoms with E-state index in [4.69, 9.17) is 4.99 Å². The molecule has 1 saturated heterocycles. The molecule has 2 aromatic rings. The number of nitrogens with one attached hydrogen (secondary N) is 1. The van der Waals surface area contributed by atoms with Gasteiger partial charge in [-0.25, -0.2) is 4.99 Å².